The molecule has 1 aromatic heterocycles. The minimum atomic E-state index is -0.439. The highest BCUT2D eigenvalue weighted by atomic mass is 16.2. The van der Waals surface area contributed by atoms with Gasteiger partial charge in [-0.1, -0.05) is 31.2 Å². The van der Waals surface area contributed by atoms with Gasteiger partial charge in [-0.25, -0.2) is 0 Å². The minimum absolute atomic E-state index is 0.435. The van der Waals surface area contributed by atoms with Crippen LogP contribution in [0.2, 0.25) is 0 Å². The molecule has 0 saturated heterocycles. The summed E-state index contributed by atoms with van der Waals surface area (Å²) in [4.78, 5) is 24.4. The van der Waals surface area contributed by atoms with E-state index in [1.807, 2.05) is 37.3 Å². The smallest absolute Gasteiger partial charge is 0.302 e. The Morgan fingerprint density at radius 2 is 1.55 bits per heavy atom. The molecule has 2 aromatic rings. The number of nitrogens with zero attached hydrogens (tertiary/aromatic N) is 2. The lowest BCUT2D eigenvalue weighted by Gasteiger charge is -2.13. The molecule has 0 spiro atoms. The van der Waals surface area contributed by atoms with E-state index in [1.165, 1.54) is 4.57 Å². The Labute approximate surface area is 118 Å². The van der Waals surface area contributed by atoms with E-state index in [0.717, 1.165) is 23.9 Å². The van der Waals surface area contributed by atoms with E-state index >= 15 is 0 Å². The second kappa shape index (κ2) is 6.37. The van der Waals surface area contributed by atoms with Crippen LogP contribution < -0.4 is 11.1 Å². The summed E-state index contributed by atoms with van der Waals surface area (Å²) in [7, 11) is 0. The van der Waals surface area contributed by atoms with Crippen LogP contribution in [0.15, 0.2) is 46.0 Å². The number of hydrogen-bond acceptors (Lipinski definition) is 2. The molecular formula is C16H20N2O2. The van der Waals surface area contributed by atoms with Gasteiger partial charge in [0, 0.05) is 13.1 Å². The van der Waals surface area contributed by atoms with Crippen molar-refractivity contribution in [1.82, 2.24) is 9.13 Å². The lowest BCUT2D eigenvalue weighted by molar-refractivity contribution is 0.658. The maximum Gasteiger partial charge on any atom is 0.316 e. The van der Waals surface area contributed by atoms with E-state index in [9.17, 15) is 9.59 Å². The highest BCUT2D eigenvalue weighted by Gasteiger charge is 2.10. The number of allylic oxidation sites excluding steroid dienone is 2. The summed E-state index contributed by atoms with van der Waals surface area (Å²) in [6.45, 7) is 4.99. The lowest BCUT2D eigenvalue weighted by atomic mass is 10.2. The summed E-state index contributed by atoms with van der Waals surface area (Å²) in [6.07, 6.45) is 5.85. The molecular weight excluding hydrogens is 252 g/mol. The quantitative estimate of drug-likeness (QED) is 0.620. The Balaban J connectivity index is 2.59. The molecule has 0 atom stereocenters. The molecule has 1 heterocycles. The molecule has 0 aliphatic heterocycles. The predicted octanol–water partition coefficient (Wildman–Crippen LogP) is 2.54. The molecule has 0 aliphatic rings. The third-order valence-electron chi connectivity index (χ3n) is 3.37. The Morgan fingerprint density at radius 3 is 2.15 bits per heavy atom. The molecule has 1 aromatic carbocycles. The Kier molecular flexibility index (Phi) is 4.56. The van der Waals surface area contributed by atoms with Gasteiger partial charge >= 0.3 is 11.1 Å². The van der Waals surface area contributed by atoms with E-state index in [1.54, 1.807) is 4.57 Å². The number of aryl methyl sites for hydroxylation is 2. The van der Waals surface area contributed by atoms with Gasteiger partial charge in [-0.05, 0) is 31.9 Å². The fourth-order valence-electron chi connectivity index (χ4n) is 2.39. The van der Waals surface area contributed by atoms with Crippen LogP contribution in [-0.4, -0.2) is 9.13 Å². The van der Waals surface area contributed by atoms with Crippen molar-refractivity contribution in [2.75, 3.05) is 0 Å². The standard InChI is InChI=1S/C16H20N2O2/c1-3-5-6-9-12-18-14-11-8-7-10-13(14)17(4-2)15(19)16(18)20/h5-8,10-11H,3-4,9,12H2,1-2H3/b6-5+. The van der Waals surface area contributed by atoms with Crippen LogP contribution >= 0.6 is 0 Å². The van der Waals surface area contributed by atoms with Crippen LogP contribution in [0.1, 0.15) is 26.7 Å². The molecule has 20 heavy (non-hydrogen) atoms. The average molecular weight is 272 g/mol. The SMILES string of the molecule is CC/C=C/CCn1c(=O)c(=O)n(CC)c2ccccc21. The highest BCUT2D eigenvalue weighted by Crippen LogP contribution is 2.10. The fourth-order valence-corrected chi connectivity index (χ4v) is 2.39. The molecule has 2 rings (SSSR count). The van der Waals surface area contributed by atoms with Crippen LogP contribution in [0.25, 0.3) is 11.0 Å². The van der Waals surface area contributed by atoms with E-state index in [4.69, 9.17) is 0 Å². The van der Waals surface area contributed by atoms with Crippen molar-refractivity contribution in [2.24, 2.45) is 0 Å². The number of benzene rings is 1. The van der Waals surface area contributed by atoms with E-state index in [-0.39, 0.29) is 0 Å². The summed E-state index contributed by atoms with van der Waals surface area (Å²) in [5.74, 6) is 0. The summed E-state index contributed by atoms with van der Waals surface area (Å²) < 4.78 is 3.12. The van der Waals surface area contributed by atoms with Crippen LogP contribution in [0, 0.1) is 0 Å². The zero-order valence-corrected chi connectivity index (χ0v) is 12.0. The molecule has 0 aliphatic carbocycles. The topological polar surface area (TPSA) is 44.0 Å². The van der Waals surface area contributed by atoms with Crippen LogP contribution in [0.3, 0.4) is 0 Å². The number of hydrogen-bond donors (Lipinski definition) is 0. The molecule has 106 valence electrons. The van der Waals surface area contributed by atoms with Gasteiger partial charge in [0.15, 0.2) is 0 Å². The van der Waals surface area contributed by atoms with Crippen molar-refractivity contribution in [3.8, 4) is 0 Å². The third-order valence-corrected chi connectivity index (χ3v) is 3.37. The fraction of sp³-hybridized carbons (Fsp3) is 0.375. The van der Waals surface area contributed by atoms with Gasteiger partial charge in [-0.3, -0.25) is 9.59 Å². The molecule has 4 heteroatoms. The van der Waals surface area contributed by atoms with Crippen LogP contribution in [0.5, 0.6) is 0 Å². The highest BCUT2D eigenvalue weighted by molar-refractivity contribution is 5.75. The first-order chi connectivity index (χ1) is 9.70. The molecule has 0 saturated carbocycles. The van der Waals surface area contributed by atoms with Gasteiger partial charge in [0.2, 0.25) is 0 Å². The molecule has 4 nitrogen and oxygen atoms in total. The lowest BCUT2D eigenvalue weighted by Crippen LogP contribution is -2.41. The van der Waals surface area contributed by atoms with Crippen molar-refractivity contribution < 1.29 is 0 Å². The number of aromatic nitrogens is 2. The van der Waals surface area contributed by atoms with Crippen LogP contribution in [-0.2, 0) is 13.1 Å². The minimum Gasteiger partial charge on any atom is -0.302 e. The van der Waals surface area contributed by atoms with Crippen molar-refractivity contribution in [3.05, 3.63) is 57.1 Å². The molecule has 0 unspecified atom stereocenters. The second-order valence-corrected chi connectivity index (χ2v) is 4.66. The molecule has 0 amide bonds. The third kappa shape index (κ3) is 2.59. The summed E-state index contributed by atoms with van der Waals surface area (Å²) in [6, 6.07) is 7.56. The Bertz CT molecular complexity index is 738. The van der Waals surface area contributed by atoms with Gasteiger partial charge < -0.3 is 9.13 Å². The maximum absolute atomic E-state index is 12.2. The van der Waals surface area contributed by atoms with E-state index in [2.05, 4.69) is 13.0 Å². The Morgan fingerprint density at radius 1 is 0.950 bits per heavy atom. The van der Waals surface area contributed by atoms with Gasteiger partial charge in [0.05, 0.1) is 11.0 Å². The summed E-state index contributed by atoms with van der Waals surface area (Å²) >= 11 is 0. The normalized spacial score (nSPS) is 11.5. The number of para-hydroxylation sites is 2. The first-order valence-corrected chi connectivity index (χ1v) is 7.08. The van der Waals surface area contributed by atoms with E-state index in [0.29, 0.717) is 13.1 Å². The summed E-state index contributed by atoms with van der Waals surface area (Å²) in [5.41, 5.74) is 0.768. The molecule has 0 fully saturated rings. The van der Waals surface area contributed by atoms with Gasteiger partial charge in [0.1, 0.15) is 0 Å². The van der Waals surface area contributed by atoms with Crippen molar-refractivity contribution in [2.45, 2.75) is 39.8 Å². The zero-order valence-electron chi connectivity index (χ0n) is 12.0. The largest absolute Gasteiger partial charge is 0.316 e. The van der Waals surface area contributed by atoms with Gasteiger partial charge in [0.25, 0.3) is 0 Å². The first-order valence-electron chi connectivity index (χ1n) is 7.08. The number of fused-ring (bicyclic) bond motifs is 1. The Hall–Kier alpha value is -2.10. The van der Waals surface area contributed by atoms with Crippen molar-refractivity contribution in [1.29, 1.82) is 0 Å². The summed E-state index contributed by atoms with van der Waals surface area (Å²) in [5, 5.41) is 0. The zero-order chi connectivity index (χ0) is 14.5. The average Bonchev–Trinajstić information content (AvgIpc) is 2.47. The second-order valence-electron chi connectivity index (χ2n) is 4.66. The number of rotatable bonds is 5. The van der Waals surface area contributed by atoms with E-state index < -0.39 is 11.1 Å². The van der Waals surface area contributed by atoms with Crippen molar-refractivity contribution in [3.63, 3.8) is 0 Å². The predicted molar refractivity (Wildman–Crippen MR) is 82.2 cm³/mol. The first kappa shape index (κ1) is 14.3. The monoisotopic (exact) mass is 272 g/mol. The maximum atomic E-state index is 12.2. The molecule has 0 N–H and O–H groups in total. The van der Waals surface area contributed by atoms with Gasteiger partial charge in [-0.15, -0.1) is 0 Å². The molecule has 0 bridgehead atoms. The van der Waals surface area contributed by atoms with Gasteiger partial charge in [-0.2, -0.15) is 0 Å². The van der Waals surface area contributed by atoms with Crippen molar-refractivity contribution >= 4 is 11.0 Å². The molecule has 0 radical (unpaired) electrons. The van der Waals surface area contributed by atoms with Crippen LogP contribution in [0.4, 0.5) is 0 Å².